The molecular weight excluding hydrogens is 510 g/mol. The second-order valence-electron chi connectivity index (χ2n) is 9.41. The monoisotopic (exact) mass is 541 g/mol. The lowest BCUT2D eigenvalue weighted by atomic mass is 9.89. The summed E-state index contributed by atoms with van der Waals surface area (Å²) in [6, 6.07) is 7.70. The maximum absolute atomic E-state index is 12.8. The first-order valence-corrected chi connectivity index (χ1v) is 12.6. The summed E-state index contributed by atoms with van der Waals surface area (Å²) in [4.78, 5) is 60.0. The van der Waals surface area contributed by atoms with Gasteiger partial charge in [-0.2, -0.15) is 4.98 Å². The Morgan fingerprint density at radius 1 is 1.18 bits per heavy atom. The Balaban J connectivity index is 1.72. The number of imidazole rings is 1. The van der Waals surface area contributed by atoms with Crippen molar-refractivity contribution >= 4 is 40.5 Å². The van der Waals surface area contributed by atoms with E-state index in [1.54, 1.807) is 0 Å². The molecule has 0 unspecified atom stereocenters. The summed E-state index contributed by atoms with van der Waals surface area (Å²) >= 11 is 0. The molecule has 3 aromatic rings. The molecule has 0 aliphatic carbocycles. The van der Waals surface area contributed by atoms with Gasteiger partial charge in [-0.15, -0.1) is 0 Å². The molecule has 3 N–H and O–H groups in total. The van der Waals surface area contributed by atoms with E-state index in [1.165, 1.54) is 23.4 Å². The molecule has 13 heteroatoms. The van der Waals surface area contributed by atoms with Gasteiger partial charge in [-0.25, -0.2) is 4.98 Å². The van der Waals surface area contributed by atoms with Crippen LogP contribution >= 0.6 is 0 Å². The SMILES string of the molecule is CCCCc1ccc(Nc2nc3c(ncn3[C@@H]3O[C@H](COC(C)=O)[C@@H](OC(C)=O)[C@]3(O)C(C)=O)c(=O)[nH]2)cc1. The largest absolute Gasteiger partial charge is 0.463 e. The van der Waals surface area contributed by atoms with Crippen LogP contribution in [0.4, 0.5) is 11.6 Å². The average Bonchev–Trinajstić information content (AvgIpc) is 3.42. The number of ketones is 1. The summed E-state index contributed by atoms with van der Waals surface area (Å²) in [5.41, 5.74) is -1.19. The van der Waals surface area contributed by atoms with Crippen LogP contribution in [0.5, 0.6) is 0 Å². The predicted molar refractivity (Wildman–Crippen MR) is 138 cm³/mol. The van der Waals surface area contributed by atoms with Crippen molar-refractivity contribution in [1.29, 1.82) is 0 Å². The molecule has 13 nitrogen and oxygen atoms in total. The molecule has 2 aromatic heterocycles. The number of anilines is 2. The Labute approximate surface area is 223 Å². The second kappa shape index (κ2) is 11.3. The standard InChI is InChI=1S/C26H31N5O8/c1-5-6-7-17-8-10-18(11-9-17)28-25-29-22-20(23(35)30-25)27-13-31(22)24-26(36,14(2)32)21(38-16(4)34)19(39-24)12-37-15(3)33/h8-11,13,19,21,24,36H,5-7,12H2,1-4H3,(H2,28,29,30,35)/t19-,21-,24-,26-/m1/s1. The summed E-state index contributed by atoms with van der Waals surface area (Å²) in [6.07, 6.45) is 0.109. The molecule has 4 rings (SSSR count). The minimum atomic E-state index is -2.41. The first-order valence-electron chi connectivity index (χ1n) is 12.6. The van der Waals surface area contributed by atoms with Crippen molar-refractivity contribution in [2.24, 2.45) is 0 Å². The highest BCUT2D eigenvalue weighted by Gasteiger charge is 2.62. The zero-order chi connectivity index (χ0) is 28.3. The highest BCUT2D eigenvalue weighted by molar-refractivity contribution is 5.87. The van der Waals surface area contributed by atoms with E-state index in [9.17, 15) is 24.3 Å². The van der Waals surface area contributed by atoms with Crippen LogP contribution in [0.25, 0.3) is 11.2 Å². The van der Waals surface area contributed by atoms with Crippen molar-refractivity contribution < 1.29 is 33.7 Å². The van der Waals surface area contributed by atoms with Gasteiger partial charge in [0.2, 0.25) is 11.5 Å². The van der Waals surface area contributed by atoms with Gasteiger partial charge in [0.15, 0.2) is 29.3 Å². The van der Waals surface area contributed by atoms with E-state index >= 15 is 0 Å². The predicted octanol–water partition coefficient (Wildman–Crippen LogP) is 1.92. The Bertz CT molecular complexity index is 1430. The number of fused-ring (bicyclic) bond motifs is 1. The van der Waals surface area contributed by atoms with Crippen molar-refractivity contribution in [2.75, 3.05) is 11.9 Å². The van der Waals surface area contributed by atoms with Crippen LogP contribution in [-0.2, 0) is 35.0 Å². The lowest BCUT2D eigenvalue weighted by Crippen LogP contribution is -2.54. The van der Waals surface area contributed by atoms with Gasteiger partial charge in [-0.05, 0) is 37.5 Å². The van der Waals surface area contributed by atoms with E-state index < -0.39 is 53.9 Å². The molecule has 1 aliphatic heterocycles. The third-order valence-corrected chi connectivity index (χ3v) is 6.48. The molecule has 0 saturated carbocycles. The minimum Gasteiger partial charge on any atom is -0.463 e. The van der Waals surface area contributed by atoms with Gasteiger partial charge in [-0.3, -0.25) is 28.7 Å². The molecule has 3 heterocycles. The van der Waals surface area contributed by atoms with Gasteiger partial charge >= 0.3 is 11.9 Å². The fourth-order valence-corrected chi connectivity index (χ4v) is 4.52. The third kappa shape index (κ3) is 5.68. The molecule has 1 fully saturated rings. The maximum atomic E-state index is 12.8. The molecule has 1 aromatic carbocycles. The van der Waals surface area contributed by atoms with E-state index in [-0.39, 0.29) is 17.1 Å². The highest BCUT2D eigenvalue weighted by Crippen LogP contribution is 2.42. The number of nitrogens with one attached hydrogen (secondary N) is 2. The van der Waals surface area contributed by atoms with E-state index in [2.05, 4.69) is 27.2 Å². The number of unbranched alkanes of at least 4 members (excludes halogenated alkanes) is 1. The van der Waals surface area contributed by atoms with Crippen molar-refractivity contribution in [2.45, 2.75) is 71.0 Å². The van der Waals surface area contributed by atoms with Crippen LogP contribution in [-0.4, -0.2) is 66.8 Å². The topological polar surface area (TPSA) is 175 Å². The zero-order valence-corrected chi connectivity index (χ0v) is 22.1. The maximum Gasteiger partial charge on any atom is 0.303 e. The zero-order valence-electron chi connectivity index (χ0n) is 22.1. The number of hydrogen-bond acceptors (Lipinski definition) is 11. The number of carbonyl (C=O) groups excluding carboxylic acids is 3. The van der Waals surface area contributed by atoms with Gasteiger partial charge in [0.25, 0.3) is 5.56 Å². The van der Waals surface area contributed by atoms with Crippen LogP contribution in [0, 0.1) is 0 Å². The Kier molecular flexibility index (Phi) is 8.11. The van der Waals surface area contributed by atoms with Crippen LogP contribution < -0.4 is 10.9 Å². The highest BCUT2D eigenvalue weighted by atomic mass is 16.6. The minimum absolute atomic E-state index is 0.000187. The Morgan fingerprint density at radius 2 is 1.90 bits per heavy atom. The molecule has 208 valence electrons. The Hall–Kier alpha value is -4.10. The average molecular weight is 542 g/mol. The molecule has 0 radical (unpaired) electrons. The van der Waals surface area contributed by atoms with Gasteiger partial charge in [0.1, 0.15) is 12.7 Å². The summed E-state index contributed by atoms with van der Waals surface area (Å²) in [5, 5.41) is 14.6. The summed E-state index contributed by atoms with van der Waals surface area (Å²) < 4.78 is 17.4. The van der Waals surface area contributed by atoms with E-state index in [4.69, 9.17) is 14.2 Å². The molecule has 0 amide bonds. The first kappa shape index (κ1) is 27.9. The lowest BCUT2D eigenvalue weighted by Gasteiger charge is -2.31. The van der Waals surface area contributed by atoms with E-state index in [0.29, 0.717) is 5.69 Å². The normalized spacial score (nSPS) is 22.5. The first-order chi connectivity index (χ1) is 18.5. The van der Waals surface area contributed by atoms with Crippen LogP contribution in [0.3, 0.4) is 0 Å². The number of nitrogens with zero attached hydrogens (tertiary/aromatic N) is 3. The van der Waals surface area contributed by atoms with Gasteiger partial charge in [0, 0.05) is 19.5 Å². The molecule has 39 heavy (non-hydrogen) atoms. The van der Waals surface area contributed by atoms with Crippen LogP contribution in [0.2, 0.25) is 0 Å². The molecule has 1 aliphatic rings. The van der Waals surface area contributed by atoms with E-state index in [0.717, 1.165) is 33.1 Å². The lowest BCUT2D eigenvalue weighted by molar-refractivity contribution is -0.170. The summed E-state index contributed by atoms with van der Waals surface area (Å²) in [7, 11) is 0. The number of carbonyl (C=O) groups is 3. The number of aliphatic hydroxyl groups is 1. The number of rotatable bonds is 10. The number of benzene rings is 1. The number of H-pyrrole nitrogens is 1. The van der Waals surface area contributed by atoms with Crippen LogP contribution in [0.15, 0.2) is 35.4 Å². The van der Waals surface area contributed by atoms with Crippen molar-refractivity contribution in [3.63, 3.8) is 0 Å². The van der Waals surface area contributed by atoms with Crippen molar-refractivity contribution in [3.05, 3.63) is 46.5 Å². The third-order valence-electron chi connectivity index (χ3n) is 6.48. The number of hydrogen-bond donors (Lipinski definition) is 3. The molecule has 0 spiro atoms. The Morgan fingerprint density at radius 3 is 2.51 bits per heavy atom. The van der Waals surface area contributed by atoms with Crippen molar-refractivity contribution in [1.82, 2.24) is 19.5 Å². The fraction of sp³-hybridized carbons (Fsp3) is 0.462. The molecule has 0 bridgehead atoms. The van der Waals surface area contributed by atoms with E-state index in [1.807, 2.05) is 24.3 Å². The van der Waals surface area contributed by atoms with Gasteiger partial charge in [0.05, 0.1) is 6.33 Å². The molecular formula is C26H31N5O8. The smallest absolute Gasteiger partial charge is 0.303 e. The number of aromatic nitrogens is 4. The fourth-order valence-electron chi connectivity index (χ4n) is 4.52. The van der Waals surface area contributed by atoms with Gasteiger partial charge in [-0.1, -0.05) is 25.5 Å². The number of esters is 2. The number of aryl methyl sites for hydroxylation is 1. The van der Waals surface area contributed by atoms with Crippen LogP contribution in [0.1, 0.15) is 52.3 Å². The van der Waals surface area contributed by atoms with Gasteiger partial charge < -0.3 is 24.6 Å². The quantitative estimate of drug-likeness (QED) is 0.320. The number of Topliss-reactive ketones (excluding diaryl/α,β-unsaturated/α-hetero) is 1. The second-order valence-corrected chi connectivity index (χ2v) is 9.41. The molecule has 4 atom stereocenters. The number of aromatic amines is 1. The molecule has 1 saturated heterocycles. The number of ether oxygens (including phenoxy) is 3. The summed E-state index contributed by atoms with van der Waals surface area (Å²) in [6.45, 7) is 5.12. The van der Waals surface area contributed by atoms with Crippen molar-refractivity contribution in [3.8, 4) is 0 Å². The summed E-state index contributed by atoms with van der Waals surface area (Å²) in [5.74, 6) is -2.11.